The number of amides is 2. The van der Waals surface area contributed by atoms with Gasteiger partial charge < -0.3 is 10.6 Å². The second-order valence-electron chi connectivity index (χ2n) is 7.16. The largest absolute Gasteiger partial charge is 0.369 e. The topological polar surface area (TPSA) is 102 Å². The normalized spacial score (nSPS) is 15.1. The minimum Gasteiger partial charge on any atom is -0.369 e. The molecule has 0 unspecified atom stereocenters. The Labute approximate surface area is 163 Å². The van der Waals surface area contributed by atoms with E-state index in [1.165, 1.54) is 4.68 Å². The van der Waals surface area contributed by atoms with Gasteiger partial charge in [-0.3, -0.25) is 19.3 Å². The zero-order chi connectivity index (χ0) is 20.1. The van der Waals surface area contributed by atoms with Crippen molar-refractivity contribution in [2.45, 2.75) is 32.7 Å². The molecular weight excluding hydrogens is 358 g/mol. The Hall–Kier alpha value is -2.74. The van der Waals surface area contributed by atoms with E-state index in [1.54, 1.807) is 23.1 Å². The number of piperazine rings is 1. The summed E-state index contributed by atoms with van der Waals surface area (Å²) in [6, 6.07) is 7.14. The molecule has 2 aromatic rings. The number of aromatic nitrogens is 2. The lowest BCUT2D eigenvalue weighted by atomic mass is 10.1. The standard InChI is InChI=1S/C20H27N5O3/c1-2-3-6-9-25-19(27)16-8-5-4-7-15(16)18(22-25)20(28)24-12-10-23(11-13-24)14-17(21)26/h4-5,7-8H,2-3,6,9-14H2,1H3,(H2,21,26). The Balaban J connectivity index is 1.87. The number of benzene rings is 1. The Morgan fingerprint density at radius 1 is 1.07 bits per heavy atom. The van der Waals surface area contributed by atoms with Gasteiger partial charge in [-0.1, -0.05) is 38.0 Å². The first kappa shape index (κ1) is 20.0. The summed E-state index contributed by atoms with van der Waals surface area (Å²) in [6.45, 7) is 4.97. The Morgan fingerprint density at radius 2 is 1.75 bits per heavy atom. The summed E-state index contributed by atoms with van der Waals surface area (Å²) in [6.07, 6.45) is 2.90. The van der Waals surface area contributed by atoms with E-state index in [0.717, 1.165) is 19.3 Å². The number of rotatable bonds is 7. The number of aryl methyl sites for hydroxylation is 1. The van der Waals surface area contributed by atoms with E-state index in [-0.39, 0.29) is 23.9 Å². The number of carbonyl (C=O) groups is 2. The van der Waals surface area contributed by atoms with Crippen LogP contribution in [-0.4, -0.2) is 64.1 Å². The molecule has 8 heteroatoms. The van der Waals surface area contributed by atoms with Gasteiger partial charge >= 0.3 is 0 Å². The first-order valence-corrected chi connectivity index (χ1v) is 9.81. The zero-order valence-electron chi connectivity index (χ0n) is 16.3. The summed E-state index contributed by atoms with van der Waals surface area (Å²) in [5.74, 6) is -0.550. The third-order valence-corrected chi connectivity index (χ3v) is 5.08. The molecule has 2 N–H and O–H groups in total. The van der Waals surface area contributed by atoms with Crippen LogP contribution in [0.5, 0.6) is 0 Å². The third-order valence-electron chi connectivity index (χ3n) is 5.08. The van der Waals surface area contributed by atoms with Gasteiger partial charge in [0, 0.05) is 38.1 Å². The van der Waals surface area contributed by atoms with Crippen LogP contribution in [0.15, 0.2) is 29.1 Å². The number of carbonyl (C=O) groups excluding carboxylic acids is 2. The van der Waals surface area contributed by atoms with E-state index in [0.29, 0.717) is 49.2 Å². The molecule has 150 valence electrons. The molecule has 1 aromatic carbocycles. The van der Waals surface area contributed by atoms with Crippen molar-refractivity contribution in [1.82, 2.24) is 19.6 Å². The molecule has 0 saturated carbocycles. The van der Waals surface area contributed by atoms with Crippen molar-refractivity contribution in [3.8, 4) is 0 Å². The number of hydrogen-bond donors (Lipinski definition) is 1. The monoisotopic (exact) mass is 385 g/mol. The van der Waals surface area contributed by atoms with Crippen molar-refractivity contribution in [3.63, 3.8) is 0 Å². The summed E-state index contributed by atoms with van der Waals surface area (Å²) in [7, 11) is 0. The molecule has 0 aliphatic carbocycles. The second kappa shape index (κ2) is 8.97. The summed E-state index contributed by atoms with van der Waals surface area (Å²) < 4.78 is 1.43. The molecule has 8 nitrogen and oxygen atoms in total. The first-order valence-electron chi connectivity index (χ1n) is 9.81. The van der Waals surface area contributed by atoms with Crippen molar-refractivity contribution in [3.05, 3.63) is 40.3 Å². The van der Waals surface area contributed by atoms with E-state index >= 15 is 0 Å². The molecule has 1 fully saturated rings. The highest BCUT2D eigenvalue weighted by Crippen LogP contribution is 2.16. The molecular formula is C20H27N5O3. The lowest BCUT2D eigenvalue weighted by Crippen LogP contribution is -2.51. The van der Waals surface area contributed by atoms with Crippen LogP contribution in [-0.2, 0) is 11.3 Å². The smallest absolute Gasteiger partial charge is 0.275 e. The number of hydrogen-bond acceptors (Lipinski definition) is 5. The molecule has 0 bridgehead atoms. The first-order chi connectivity index (χ1) is 13.5. The van der Waals surface area contributed by atoms with E-state index < -0.39 is 0 Å². The van der Waals surface area contributed by atoms with Gasteiger partial charge in [0.25, 0.3) is 11.5 Å². The summed E-state index contributed by atoms with van der Waals surface area (Å²) in [4.78, 5) is 40.7. The summed E-state index contributed by atoms with van der Waals surface area (Å²) in [5.41, 5.74) is 5.41. The molecule has 0 spiro atoms. The van der Waals surface area contributed by atoms with Crippen molar-refractivity contribution < 1.29 is 9.59 Å². The highest BCUT2D eigenvalue weighted by molar-refractivity contribution is 6.04. The molecule has 0 atom stereocenters. The van der Waals surface area contributed by atoms with Crippen LogP contribution >= 0.6 is 0 Å². The van der Waals surface area contributed by atoms with Crippen LogP contribution in [0.2, 0.25) is 0 Å². The number of primary amides is 1. The Bertz CT molecular complexity index is 916. The Morgan fingerprint density at radius 3 is 2.39 bits per heavy atom. The molecule has 2 heterocycles. The molecule has 1 aliphatic rings. The maximum Gasteiger partial charge on any atom is 0.275 e. The van der Waals surface area contributed by atoms with E-state index in [1.807, 2.05) is 11.0 Å². The third kappa shape index (κ3) is 4.39. The number of nitrogens with zero attached hydrogens (tertiary/aromatic N) is 4. The molecule has 0 radical (unpaired) electrons. The quantitative estimate of drug-likeness (QED) is 0.712. The minimum atomic E-state index is -0.369. The predicted molar refractivity (Wildman–Crippen MR) is 107 cm³/mol. The van der Waals surface area contributed by atoms with Crippen LogP contribution in [0, 0.1) is 0 Å². The van der Waals surface area contributed by atoms with Crippen molar-refractivity contribution in [1.29, 1.82) is 0 Å². The van der Waals surface area contributed by atoms with E-state index in [4.69, 9.17) is 5.73 Å². The average molecular weight is 385 g/mol. The molecule has 3 rings (SSSR count). The van der Waals surface area contributed by atoms with Gasteiger partial charge in [0.05, 0.1) is 11.9 Å². The van der Waals surface area contributed by atoms with Crippen LogP contribution in [0.3, 0.4) is 0 Å². The minimum absolute atomic E-state index is 0.158. The fourth-order valence-electron chi connectivity index (χ4n) is 3.54. The highest BCUT2D eigenvalue weighted by Gasteiger charge is 2.26. The van der Waals surface area contributed by atoms with Crippen LogP contribution < -0.4 is 11.3 Å². The van der Waals surface area contributed by atoms with Crippen molar-refractivity contribution in [2.24, 2.45) is 5.73 Å². The van der Waals surface area contributed by atoms with Crippen molar-refractivity contribution >= 4 is 22.6 Å². The van der Waals surface area contributed by atoms with Crippen molar-refractivity contribution in [2.75, 3.05) is 32.7 Å². The number of unbranched alkanes of at least 4 members (excludes halogenated alkanes) is 2. The molecule has 1 saturated heterocycles. The average Bonchev–Trinajstić information content (AvgIpc) is 2.69. The lowest BCUT2D eigenvalue weighted by Gasteiger charge is -2.34. The van der Waals surface area contributed by atoms with Gasteiger partial charge in [-0.15, -0.1) is 0 Å². The lowest BCUT2D eigenvalue weighted by molar-refractivity contribution is -0.119. The molecule has 1 aliphatic heterocycles. The van der Waals surface area contributed by atoms with Crippen LogP contribution in [0.1, 0.15) is 36.7 Å². The fourth-order valence-corrected chi connectivity index (χ4v) is 3.54. The van der Waals surface area contributed by atoms with Gasteiger partial charge in [-0.2, -0.15) is 5.10 Å². The number of nitrogens with two attached hydrogens (primary N) is 1. The maximum absolute atomic E-state index is 13.2. The van der Waals surface area contributed by atoms with E-state index in [9.17, 15) is 14.4 Å². The Kier molecular flexibility index (Phi) is 6.41. The predicted octanol–water partition coefficient (Wildman–Crippen LogP) is 0.830. The maximum atomic E-state index is 13.2. The zero-order valence-corrected chi connectivity index (χ0v) is 16.3. The molecule has 1 aromatic heterocycles. The SMILES string of the molecule is CCCCCn1nc(C(=O)N2CCN(CC(N)=O)CC2)c2ccccc2c1=O. The number of fused-ring (bicyclic) bond motifs is 1. The summed E-state index contributed by atoms with van der Waals surface area (Å²) in [5, 5.41) is 5.55. The molecule has 28 heavy (non-hydrogen) atoms. The van der Waals surface area contributed by atoms with Crippen LogP contribution in [0.25, 0.3) is 10.8 Å². The van der Waals surface area contributed by atoms with Crippen LogP contribution in [0.4, 0.5) is 0 Å². The molecule has 2 amide bonds. The highest BCUT2D eigenvalue weighted by atomic mass is 16.2. The van der Waals surface area contributed by atoms with Gasteiger partial charge in [-0.05, 0) is 12.5 Å². The van der Waals surface area contributed by atoms with Gasteiger partial charge in [0.2, 0.25) is 5.91 Å². The van der Waals surface area contributed by atoms with E-state index in [2.05, 4.69) is 12.0 Å². The van der Waals surface area contributed by atoms with Gasteiger partial charge in [-0.25, -0.2) is 4.68 Å². The van der Waals surface area contributed by atoms with Gasteiger partial charge in [0.15, 0.2) is 5.69 Å². The fraction of sp³-hybridized carbons (Fsp3) is 0.500. The second-order valence-corrected chi connectivity index (χ2v) is 7.16. The summed E-state index contributed by atoms with van der Waals surface area (Å²) >= 11 is 0. The van der Waals surface area contributed by atoms with Gasteiger partial charge in [0.1, 0.15) is 0 Å².